The molecule has 2 heterocycles. The van der Waals surface area contributed by atoms with Crippen LogP contribution in [0.2, 0.25) is 0 Å². The molecule has 0 radical (unpaired) electrons. The number of carbonyl (C=O) groups is 4. The summed E-state index contributed by atoms with van der Waals surface area (Å²) in [7, 11) is 0. The van der Waals surface area contributed by atoms with Crippen LogP contribution in [0.15, 0.2) is 18.2 Å². The first-order valence-electron chi connectivity index (χ1n) is 11.4. The Kier molecular flexibility index (Phi) is 7.00. The maximum absolute atomic E-state index is 12.6. The van der Waals surface area contributed by atoms with Gasteiger partial charge in [0.1, 0.15) is 13.2 Å². The molecular formula is C23H29N3O7. The monoisotopic (exact) mass is 459 g/mol. The molecular weight excluding hydrogens is 430 g/mol. The van der Waals surface area contributed by atoms with Crippen molar-refractivity contribution in [2.24, 2.45) is 5.92 Å². The van der Waals surface area contributed by atoms with Gasteiger partial charge in [0, 0.05) is 30.8 Å². The highest BCUT2D eigenvalue weighted by molar-refractivity contribution is 6.01. The number of amides is 4. The molecule has 33 heavy (non-hydrogen) atoms. The van der Waals surface area contributed by atoms with E-state index in [0.29, 0.717) is 30.4 Å². The Balaban J connectivity index is 1.28. The molecule has 1 aromatic rings. The Morgan fingerprint density at radius 2 is 1.82 bits per heavy atom. The molecule has 1 aromatic carbocycles. The molecule has 0 aromatic heterocycles. The normalized spacial score (nSPS) is 21.3. The van der Waals surface area contributed by atoms with E-state index in [-0.39, 0.29) is 24.9 Å². The van der Waals surface area contributed by atoms with E-state index in [2.05, 4.69) is 10.6 Å². The molecule has 3 aliphatic rings. The maximum Gasteiger partial charge on any atom is 0.321 e. The van der Waals surface area contributed by atoms with Gasteiger partial charge in [-0.05, 0) is 31.9 Å². The molecule has 0 unspecified atom stereocenters. The lowest BCUT2D eigenvalue weighted by molar-refractivity contribution is -0.158. The van der Waals surface area contributed by atoms with Crippen LogP contribution in [0.3, 0.4) is 0 Å². The van der Waals surface area contributed by atoms with E-state index in [0.717, 1.165) is 32.1 Å². The third-order valence-corrected chi connectivity index (χ3v) is 6.14. The zero-order valence-electron chi connectivity index (χ0n) is 18.6. The molecule has 10 heteroatoms. The highest BCUT2D eigenvalue weighted by Crippen LogP contribution is 2.36. The molecule has 2 atom stereocenters. The molecule has 4 rings (SSSR count). The Bertz CT molecular complexity index is 929. The average molecular weight is 459 g/mol. The molecule has 2 aliphatic heterocycles. The largest absolute Gasteiger partial charge is 0.486 e. The van der Waals surface area contributed by atoms with E-state index in [1.54, 1.807) is 18.2 Å². The van der Waals surface area contributed by atoms with Gasteiger partial charge in [0.15, 0.2) is 17.6 Å². The van der Waals surface area contributed by atoms with Crippen LogP contribution in [0.5, 0.6) is 11.5 Å². The van der Waals surface area contributed by atoms with E-state index in [1.807, 2.05) is 0 Å². The average Bonchev–Trinajstić information content (AvgIpc) is 3.21. The third-order valence-electron chi connectivity index (χ3n) is 6.14. The molecule has 0 bridgehead atoms. The molecule has 1 aliphatic carbocycles. The van der Waals surface area contributed by atoms with Gasteiger partial charge in [-0.25, -0.2) is 4.79 Å². The Hall–Kier alpha value is -3.30. The summed E-state index contributed by atoms with van der Waals surface area (Å²) in [5, 5.41) is 5.01. The van der Waals surface area contributed by atoms with E-state index in [4.69, 9.17) is 14.2 Å². The number of anilines is 1. The van der Waals surface area contributed by atoms with Crippen LogP contribution in [0.25, 0.3) is 0 Å². The van der Waals surface area contributed by atoms with Gasteiger partial charge in [0.2, 0.25) is 5.91 Å². The standard InChI is InChI=1S/C23H29N3O7/c1-14(21(28)25-23(30)24-16-5-3-2-4-6-16)33-22(29)15-11-20(27)26(13-15)17-7-8-18-19(12-17)32-10-9-31-18/h7-8,12,14-16H,2-6,9-11,13H2,1H3,(H2,24,25,28,30)/t14-,15+/m1/s1. The molecule has 1 saturated carbocycles. The zero-order chi connectivity index (χ0) is 23.4. The van der Waals surface area contributed by atoms with Gasteiger partial charge < -0.3 is 24.4 Å². The smallest absolute Gasteiger partial charge is 0.321 e. The molecule has 0 spiro atoms. The van der Waals surface area contributed by atoms with Crippen LogP contribution >= 0.6 is 0 Å². The lowest BCUT2D eigenvalue weighted by Crippen LogP contribution is -2.48. The number of carbonyl (C=O) groups excluding carboxylic acids is 4. The van der Waals surface area contributed by atoms with Gasteiger partial charge >= 0.3 is 12.0 Å². The molecule has 10 nitrogen and oxygen atoms in total. The summed E-state index contributed by atoms with van der Waals surface area (Å²) in [6, 6.07) is 4.64. The number of hydrogen-bond acceptors (Lipinski definition) is 7. The first kappa shape index (κ1) is 22.9. The van der Waals surface area contributed by atoms with E-state index in [9.17, 15) is 19.2 Å². The van der Waals surface area contributed by atoms with Gasteiger partial charge in [0.25, 0.3) is 5.91 Å². The van der Waals surface area contributed by atoms with E-state index < -0.39 is 29.9 Å². The van der Waals surface area contributed by atoms with Crippen molar-refractivity contribution in [2.75, 3.05) is 24.7 Å². The van der Waals surface area contributed by atoms with Gasteiger partial charge in [0.05, 0.1) is 5.92 Å². The number of nitrogens with one attached hydrogen (secondary N) is 2. The molecule has 2 fully saturated rings. The SMILES string of the molecule is C[C@@H](OC(=O)[C@H]1CC(=O)N(c2ccc3c(c2)OCCO3)C1)C(=O)NC(=O)NC1CCCCC1. The minimum absolute atomic E-state index is 0.0240. The summed E-state index contributed by atoms with van der Waals surface area (Å²) in [4.78, 5) is 50.9. The van der Waals surface area contributed by atoms with Crippen LogP contribution in [0, 0.1) is 5.92 Å². The van der Waals surface area contributed by atoms with Crippen molar-refractivity contribution in [3.05, 3.63) is 18.2 Å². The number of esters is 1. The van der Waals surface area contributed by atoms with Crippen molar-refractivity contribution < 1.29 is 33.4 Å². The minimum atomic E-state index is -1.16. The fraction of sp³-hybridized carbons (Fsp3) is 0.565. The predicted octanol–water partition coefficient (Wildman–Crippen LogP) is 1.90. The second-order valence-corrected chi connectivity index (χ2v) is 8.61. The fourth-order valence-electron chi connectivity index (χ4n) is 4.32. The van der Waals surface area contributed by atoms with Crippen molar-refractivity contribution in [1.29, 1.82) is 0 Å². The second kappa shape index (κ2) is 10.1. The van der Waals surface area contributed by atoms with Gasteiger partial charge in [-0.15, -0.1) is 0 Å². The summed E-state index contributed by atoms with van der Waals surface area (Å²) in [6.07, 6.45) is 3.86. The molecule has 1 saturated heterocycles. The topological polar surface area (TPSA) is 123 Å². The highest BCUT2D eigenvalue weighted by Gasteiger charge is 2.38. The van der Waals surface area contributed by atoms with Crippen molar-refractivity contribution in [3.63, 3.8) is 0 Å². The first-order chi connectivity index (χ1) is 15.9. The van der Waals surface area contributed by atoms with Gasteiger partial charge in [-0.2, -0.15) is 0 Å². The van der Waals surface area contributed by atoms with Gasteiger partial charge in [-0.1, -0.05) is 19.3 Å². The van der Waals surface area contributed by atoms with Crippen molar-refractivity contribution >= 4 is 29.5 Å². The summed E-state index contributed by atoms with van der Waals surface area (Å²) < 4.78 is 16.3. The highest BCUT2D eigenvalue weighted by atomic mass is 16.6. The number of urea groups is 1. The first-order valence-corrected chi connectivity index (χ1v) is 11.4. The van der Waals surface area contributed by atoms with Crippen LogP contribution < -0.4 is 25.0 Å². The van der Waals surface area contributed by atoms with E-state index in [1.165, 1.54) is 11.8 Å². The molecule has 2 N–H and O–H groups in total. The summed E-state index contributed by atoms with van der Waals surface area (Å²) >= 11 is 0. The molecule has 4 amide bonds. The fourth-order valence-corrected chi connectivity index (χ4v) is 4.32. The van der Waals surface area contributed by atoms with Crippen LogP contribution in [0.1, 0.15) is 45.4 Å². The second-order valence-electron chi connectivity index (χ2n) is 8.61. The number of fused-ring (bicyclic) bond motifs is 1. The van der Waals surface area contributed by atoms with E-state index >= 15 is 0 Å². The van der Waals surface area contributed by atoms with Crippen molar-refractivity contribution in [3.8, 4) is 11.5 Å². The number of nitrogens with zero attached hydrogens (tertiary/aromatic N) is 1. The Morgan fingerprint density at radius 1 is 1.09 bits per heavy atom. The Labute approximate surface area is 191 Å². The minimum Gasteiger partial charge on any atom is -0.486 e. The van der Waals surface area contributed by atoms with Crippen LogP contribution in [-0.2, 0) is 19.1 Å². The van der Waals surface area contributed by atoms with Crippen LogP contribution in [0.4, 0.5) is 10.5 Å². The lowest BCUT2D eigenvalue weighted by atomic mass is 9.96. The number of imide groups is 1. The summed E-state index contributed by atoms with van der Waals surface area (Å²) in [5.41, 5.74) is 0.602. The zero-order valence-corrected chi connectivity index (χ0v) is 18.6. The van der Waals surface area contributed by atoms with Crippen LogP contribution in [-0.4, -0.2) is 55.7 Å². The van der Waals surface area contributed by atoms with Crippen molar-refractivity contribution in [1.82, 2.24) is 10.6 Å². The molecule has 178 valence electrons. The quantitative estimate of drug-likeness (QED) is 0.645. The summed E-state index contributed by atoms with van der Waals surface area (Å²) in [5.74, 6) is -1.13. The number of benzene rings is 1. The third kappa shape index (κ3) is 5.55. The van der Waals surface area contributed by atoms with Gasteiger partial charge in [-0.3, -0.25) is 19.7 Å². The van der Waals surface area contributed by atoms with Crippen molar-refractivity contribution in [2.45, 2.75) is 57.6 Å². The predicted molar refractivity (Wildman–Crippen MR) is 117 cm³/mol. The number of ether oxygens (including phenoxy) is 3. The maximum atomic E-state index is 12.6. The summed E-state index contributed by atoms with van der Waals surface area (Å²) in [6.45, 7) is 2.43. The Morgan fingerprint density at radius 3 is 2.58 bits per heavy atom. The number of rotatable bonds is 5. The number of hydrogen-bond donors (Lipinski definition) is 2. The lowest BCUT2D eigenvalue weighted by Gasteiger charge is -2.23.